The van der Waals surface area contributed by atoms with Crippen LogP contribution in [0.15, 0.2) is 0 Å². The molecule has 2 aliphatic rings. The molecule has 14 heavy (non-hydrogen) atoms. The van der Waals surface area contributed by atoms with Gasteiger partial charge in [0.2, 0.25) is 0 Å². The van der Waals surface area contributed by atoms with Crippen LogP contribution < -0.4 is 0 Å². The summed E-state index contributed by atoms with van der Waals surface area (Å²) in [6, 6.07) is 2.41. The molecule has 3 nitrogen and oxygen atoms in total. The number of hydrogen-bond donors (Lipinski definition) is 0. The molecule has 0 aliphatic carbocycles. The summed E-state index contributed by atoms with van der Waals surface area (Å²) < 4.78 is 5.59. The molecule has 3 heteroatoms. The maximum atomic E-state index is 9.00. The first-order valence-electron chi connectivity index (χ1n) is 5.47. The molecule has 0 N–H and O–H groups in total. The summed E-state index contributed by atoms with van der Waals surface area (Å²) in [6.07, 6.45) is 3.83. The minimum Gasteiger partial charge on any atom is -0.377 e. The van der Waals surface area contributed by atoms with Crippen molar-refractivity contribution >= 4 is 0 Å². The lowest BCUT2D eigenvalue weighted by molar-refractivity contribution is 0.0788. The molecule has 2 heterocycles. The first-order valence-corrected chi connectivity index (χ1v) is 5.47. The Morgan fingerprint density at radius 1 is 1.64 bits per heavy atom. The highest BCUT2D eigenvalue weighted by Gasteiger charge is 2.34. The van der Waals surface area contributed by atoms with Crippen LogP contribution in [0.5, 0.6) is 0 Å². The molecule has 0 radical (unpaired) electrons. The SMILES string of the molecule is CC1(C#N)CCN(CC2CCCO2)C1. The highest BCUT2D eigenvalue weighted by Crippen LogP contribution is 2.29. The van der Waals surface area contributed by atoms with Gasteiger partial charge in [0.15, 0.2) is 0 Å². The van der Waals surface area contributed by atoms with Gasteiger partial charge in [-0.05, 0) is 32.7 Å². The van der Waals surface area contributed by atoms with Crippen molar-refractivity contribution in [2.45, 2.75) is 32.3 Å². The predicted octanol–water partition coefficient (Wildman–Crippen LogP) is 1.40. The topological polar surface area (TPSA) is 36.3 Å². The van der Waals surface area contributed by atoms with Gasteiger partial charge in [0.05, 0.1) is 17.6 Å². The average molecular weight is 194 g/mol. The average Bonchev–Trinajstić information content (AvgIpc) is 2.78. The van der Waals surface area contributed by atoms with Crippen LogP contribution in [0.1, 0.15) is 26.2 Å². The smallest absolute Gasteiger partial charge is 0.0702 e. The fourth-order valence-corrected chi connectivity index (χ4v) is 2.38. The van der Waals surface area contributed by atoms with E-state index in [1.807, 2.05) is 0 Å². The van der Waals surface area contributed by atoms with Gasteiger partial charge in [0.25, 0.3) is 0 Å². The third-order valence-electron chi connectivity index (χ3n) is 3.31. The minimum atomic E-state index is -0.112. The van der Waals surface area contributed by atoms with Crippen LogP contribution in [0.3, 0.4) is 0 Å². The zero-order valence-corrected chi connectivity index (χ0v) is 8.83. The van der Waals surface area contributed by atoms with Gasteiger partial charge in [-0.1, -0.05) is 0 Å². The van der Waals surface area contributed by atoms with Crippen molar-refractivity contribution in [2.75, 3.05) is 26.2 Å². The summed E-state index contributed by atoms with van der Waals surface area (Å²) >= 11 is 0. The summed E-state index contributed by atoms with van der Waals surface area (Å²) in [5.41, 5.74) is -0.112. The third kappa shape index (κ3) is 2.08. The molecule has 0 aromatic heterocycles. The monoisotopic (exact) mass is 194 g/mol. The van der Waals surface area contributed by atoms with Gasteiger partial charge in [-0.2, -0.15) is 5.26 Å². The van der Waals surface area contributed by atoms with E-state index < -0.39 is 0 Å². The van der Waals surface area contributed by atoms with Crippen molar-refractivity contribution < 1.29 is 4.74 Å². The number of nitrogens with zero attached hydrogens (tertiary/aromatic N) is 2. The number of hydrogen-bond acceptors (Lipinski definition) is 3. The van der Waals surface area contributed by atoms with Crippen LogP contribution in [0.4, 0.5) is 0 Å². The molecule has 2 aliphatic heterocycles. The number of rotatable bonds is 2. The Bertz CT molecular complexity index is 242. The molecule has 2 atom stereocenters. The molecule has 0 saturated carbocycles. The molecule has 78 valence electrons. The highest BCUT2D eigenvalue weighted by atomic mass is 16.5. The molecule has 2 saturated heterocycles. The van der Waals surface area contributed by atoms with Crippen LogP contribution in [-0.2, 0) is 4.74 Å². The van der Waals surface area contributed by atoms with E-state index in [2.05, 4.69) is 17.9 Å². The summed E-state index contributed by atoms with van der Waals surface area (Å²) in [5.74, 6) is 0. The van der Waals surface area contributed by atoms with E-state index >= 15 is 0 Å². The summed E-state index contributed by atoms with van der Waals surface area (Å²) in [5, 5.41) is 9.00. The van der Waals surface area contributed by atoms with Crippen LogP contribution in [-0.4, -0.2) is 37.2 Å². The van der Waals surface area contributed by atoms with Crippen molar-refractivity contribution in [2.24, 2.45) is 5.41 Å². The van der Waals surface area contributed by atoms with E-state index in [0.29, 0.717) is 6.10 Å². The number of likely N-dealkylation sites (tertiary alicyclic amines) is 1. The molecule has 0 aromatic rings. The van der Waals surface area contributed by atoms with Crippen LogP contribution >= 0.6 is 0 Å². The lowest BCUT2D eigenvalue weighted by Crippen LogP contribution is -2.31. The molecule has 0 spiro atoms. The van der Waals surface area contributed by atoms with Crippen molar-refractivity contribution in [3.63, 3.8) is 0 Å². The predicted molar refractivity (Wildman–Crippen MR) is 53.8 cm³/mol. The van der Waals surface area contributed by atoms with Crippen molar-refractivity contribution in [1.29, 1.82) is 5.26 Å². The normalized spacial score (nSPS) is 38.7. The molecule has 2 unspecified atom stereocenters. The molecule has 2 fully saturated rings. The Balaban J connectivity index is 1.81. The molecule has 2 rings (SSSR count). The molecule has 0 bridgehead atoms. The van der Waals surface area contributed by atoms with E-state index in [0.717, 1.165) is 32.7 Å². The second-order valence-corrected chi connectivity index (χ2v) is 4.79. The van der Waals surface area contributed by atoms with Gasteiger partial charge in [0, 0.05) is 19.7 Å². The van der Waals surface area contributed by atoms with E-state index in [4.69, 9.17) is 10.00 Å². The van der Waals surface area contributed by atoms with Crippen LogP contribution in [0.2, 0.25) is 0 Å². The summed E-state index contributed by atoms with van der Waals surface area (Å²) in [6.45, 7) is 5.99. The molecule has 0 aromatic carbocycles. The van der Waals surface area contributed by atoms with Gasteiger partial charge in [-0.15, -0.1) is 0 Å². The third-order valence-corrected chi connectivity index (χ3v) is 3.31. The Morgan fingerprint density at radius 2 is 2.50 bits per heavy atom. The Hall–Kier alpha value is -0.590. The van der Waals surface area contributed by atoms with Gasteiger partial charge < -0.3 is 4.74 Å². The maximum Gasteiger partial charge on any atom is 0.0702 e. The zero-order chi connectivity index (χ0) is 10.0. The van der Waals surface area contributed by atoms with Gasteiger partial charge in [-0.3, -0.25) is 4.90 Å². The zero-order valence-electron chi connectivity index (χ0n) is 8.83. The van der Waals surface area contributed by atoms with Crippen molar-refractivity contribution in [3.05, 3.63) is 0 Å². The van der Waals surface area contributed by atoms with Crippen molar-refractivity contribution in [3.8, 4) is 6.07 Å². The van der Waals surface area contributed by atoms with E-state index in [1.165, 1.54) is 12.8 Å². The van der Waals surface area contributed by atoms with Crippen LogP contribution in [0.25, 0.3) is 0 Å². The number of nitriles is 1. The Kier molecular flexibility index (Phi) is 2.76. The fourth-order valence-electron chi connectivity index (χ4n) is 2.38. The Morgan fingerprint density at radius 3 is 3.07 bits per heavy atom. The molecular weight excluding hydrogens is 176 g/mol. The van der Waals surface area contributed by atoms with E-state index in [-0.39, 0.29) is 5.41 Å². The standard InChI is InChI=1S/C11H18N2O/c1-11(8-12)4-5-13(9-11)7-10-3-2-6-14-10/h10H,2-7,9H2,1H3. The highest BCUT2D eigenvalue weighted by molar-refractivity contribution is 5.02. The second-order valence-electron chi connectivity index (χ2n) is 4.79. The summed E-state index contributed by atoms with van der Waals surface area (Å²) in [7, 11) is 0. The largest absolute Gasteiger partial charge is 0.377 e. The first kappa shape index (κ1) is 9.95. The van der Waals surface area contributed by atoms with Crippen molar-refractivity contribution in [1.82, 2.24) is 4.90 Å². The van der Waals surface area contributed by atoms with Crippen LogP contribution in [0, 0.1) is 16.7 Å². The Labute approximate surface area is 85.6 Å². The van der Waals surface area contributed by atoms with Gasteiger partial charge in [0.1, 0.15) is 0 Å². The second kappa shape index (κ2) is 3.88. The lowest BCUT2D eigenvalue weighted by Gasteiger charge is -2.20. The fraction of sp³-hybridized carbons (Fsp3) is 0.909. The molecule has 0 amide bonds. The molecular formula is C11H18N2O. The maximum absolute atomic E-state index is 9.00. The van der Waals surface area contributed by atoms with Gasteiger partial charge in [-0.25, -0.2) is 0 Å². The summed E-state index contributed by atoms with van der Waals surface area (Å²) in [4.78, 5) is 2.37. The quantitative estimate of drug-likeness (QED) is 0.666. The minimum absolute atomic E-state index is 0.112. The van der Waals surface area contributed by atoms with Gasteiger partial charge >= 0.3 is 0 Å². The number of ether oxygens (including phenoxy) is 1. The first-order chi connectivity index (χ1) is 6.72. The van der Waals surface area contributed by atoms with E-state index in [1.54, 1.807) is 0 Å². The lowest BCUT2D eigenvalue weighted by atomic mass is 9.92. The van der Waals surface area contributed by atoms with E-state index in [9.17, 15) is 0 Å².